The number of anilines is 2. The van der Waals surface area contributed by atoms with Gasteiger partial charge in [0.2, 0.25) is 5.91 Å². The van der Waals surface area contributed by atoms with Crippen molar-refractivity contribution in [1.29, 1.82) is 0 Å². The first kappa shape index (κ1) is 17.2. The number of rotatable bonds is 5. The predicted octanol–water partition coefficient (Wildman–Crippen LogP) is 2.59. The Kier molecular flexibility index (Phi) is 5.68. The number of nitrogens with one attached hydrogen (secondary N) is 1. The molecule has 0 spiro atoms. The van der Waals surface area contributed by atoms with Crippen molar-refractivity contribution in [2.24, 2.45) is 0 Å². The molecule has 0 aromatic carbocycles. The zero-order valence-corrected chi connectivity index (χ0v) is 14.5. The average Bonchev–Trinajstić information content (AvgIpc) is 3.06. The number of nitrogens with zero attached hydrogens (tertiary/aromatic N) is 2. The van der Waals surface area contributed by atoms with Gasteiger partial charge in [-0.15, -0.1) is 0 Å². The van der Waals surface area contributed by atoms with Crippen LogP contribution in [0.2, 0.25) is 0 Å². The lowest BCUT2D eigenvalue weighted by atomic mass is 10.2. The molecular weight excluding hydrogens is 306 g/mol. The first-order chi connectivity index (χ1) is 11.6. The first-order valence-corrected chi connectivity index (χ1v) is 8.88. The van der Waals surface area contributed by atoms with Crippen molar-refractivity contribution in [3.05, 3.63) is 18.3 Å². The third-order valence-corrected chi connectivity index (χ3v) is 4.53. The molecule has 1 N–H and O–H groups in total. The lowest BCUT2D eigenvalue weighted by molar-refractivity contribution is -0.122. The molecule has 2 heterocycles. The Morgan fingerprint density at radius 3 is 2.62 bits per heavy atom. The highest BCUT2D eigenvalue weighted by molar-refractivity contribution is 5.91. The van der Waals surface area contributed by atoms with E-state index in [0.717, 1.165) is 31.7 Å². The summed E-state index contributed by atoms with van der Waals surface area (Å²) in [6.07, 6.45) is 6.90. The minimum absolute atomic E-state index is 0.116. The van der Waals surface area contributed by atoms with Crippen LogP contribution in [0.1, 0.15) is 39.5 Å². The van der Waals surface area contributed by atoms with E-state index in [0.29, 0.717) is 5.69 Å². The number of hydrogen-bond acceptors (Lipinski definition) is 5. The number of amides is 1. The van der Waals surface area contributed by atoms with E-state index in [4.69, 9.17) is 9.47 Å². The fourth-order valence-corrected chi connectivity index (χ4v) is 3.46. The SMILES string of the molecule is C[C@@H]1CN(c2ccc(NC(=O)COC3CCCC3)cn2)C[C@H](C)O1. The molecule has 1 aromatic rings. The van der Waals surface area contributed by atoms with Crippen molar-refractivity contribution in [1.82, 2.24) is 4.98 Å². The molecule has 132 valence electrons. The molecule has 1 saturated carbocycles. The van der Waals surface area contributed by atoms with E-state index in [2.05, 4.69) is 29.0 Å². The molecule has 0 unspecified atom stereocenters. The van der Waals surface area contributed by atoms with E-state index in [1.54, 1.807) is 6.20 Å². The van der Waals surface area contributed by atoms with Crippen molar-refractivity contribution in [3.8, 4) is 0 Å². The molecule has 1 saturated heterocycles. The van der Waals surface area contributed by atoms with Gasteiger partial charge in [0, 0.05) is 13.1 Å². The van der Waals surface area contributed by atoms with Gasteiger partial charge >= 0.3 is 0 Å². The second-order valence-corrected chi connectivity index (χ2v) is 6.83. The van der Waals surface area contributed by atoms with Gasteiger partial charge in [-0.2, -0.15) is 0 Å². The molecule has 1 amide bonds. The van der Waals surface area contributed by atoms with Crippen LogP contribution in [-0.4, -0.2) is 48.9 Å². The third kappa shape index (κ3) is 4.68. The van der Waals surface area contributed by atoms with Gasteiger partial charge in [-0.05, 0) is 38.8 Å². The number of carbonyl (C=O) groups excluding carboxylic acids is 1. The zero-order chi connectivity index (χ0) is 16.9. The van der Waals surface area contributed by atoms with Gasteiger partial charge < -0.3 is 19.7 Å². The summed E-state index contributed by atoms with van der Waals surface area (Å²) in [5, 5.41) is 2.84. The van der Waals surface area contributed by atoms with Crippen LogP contribution in [0.15, 0.2) is 18.3 Å². The van der Waals surface area contributed by atoms with Crippen LogP contribution in [0.25, 0.3) is 0 Å². The van der Waals surface area contributed by atoms with Crippen LogP contribution >= 0.6 is 0 Å². The van der Waals surface area contributed by atoms with Crippen LogP contribution in [0.5, 0.6) is 0 Å². The molecule has 2 aliphatic rings. The van der Waals surface area contributed by atoms with Crippen LogP contribution in [-0.2, 0) is 14.3 Å². The van der Waals surface area contributed by atoms with E-state index >= 15 is 0 Å². The summed E-state index contributed by atoms with van der Waals surface area (Å²) >= 11 is 0. The van der Waals surface area contributed by atoms with E-state index < -0.39 is 0 Å². The molecular formula is C18H27N3O3. The van der Waals surface area contributed by atoms with E-state index in [1.165, 1.54) is 12.8 Å². The third-order valence-electron chi connectivity index (χ3n) is 4.53. The van der Waals surface area contributed by atoms with Crippen LogP contribution < -0.4 is 10.2 Å². The second kappa shape index (κ2) is 7.94. The molecule has 3 rings (SSSR count). The van der Waals surface area contributed by atoms with Gasteiger partial charge in [0.15, 0.2) is 0 Å². The molecule has 1 aliphatic heterocycles. The van der Waals surface area contributed by atoms with E-state index in [9.17, 15) is 4.79 Å². The maximum absolute atomic E-state index is 12.0. The smallest absolute Gasteiger partial charge is 0.250 e. The summed E-state index contributed by atoms with van der Waals surface area (Å²) in [5.41, 5.74) is 0.702. The van der Waals surface area contributed by atoms with Crippen molar-refractivity contribution in [2.45, 2.75) is 57.8 Å². The highest BCUT2D eigenvalue weighted by atomic mass is 16.5. The van der Waals surface area contributed by atoms with Crippen molar-refractivity contribution >= 4 is 17.4 Å². The monoisotopic (exact) mass is 333 g/mol. The standard InChI is InChI=1S/C18H27N3O3/c1-13-10-21(11-14(2)24-13)17-8-7-15(9-19-17)20-18(22)12-23-16-5-3-4-6-16/h7-9,13-14,16H,3-6,10-12H2,1-2H3,(H,20,22)/t13-,14+. The Bertz CT molecular complexity index is 533. The lowest BCUT2D eigenvalue weighted by Gasteiger charge is -2.36. The number of pyridine rings is 1. The minimum atomic E-state index is -0.120. The Labute approximate surface area is 143 Å². The first-order valence-electron chi connectivity index (χ1n) is 8.88. The zero-order valence-electron chi connectivity index (χ0n) is 14.5. The highest BCUT2D eigenvalue weighted by Gasteiger charge is 2.23. The molecule has 2 fully saturated rings. The van der Waals surface area contributed by atoms with Gasteiger partial charge in [0.05, 0.1) is 30.2 Å². The fraction of sp³-hybridized carbons (Fsp3) is 0.667. The Morgan fingerprint density at radius 2 is 2.00 bits per heavy atom. The summed E-state index contributed by atoms with van der Waals surface area (Å²) in [7, 11) is 0. The molecule has 2 atom stereocenters. The quantitative estimate of drug-likeness (QED) is 0.897. The Balaban J connectivity index is 1.49. The predicted molar refractivity (Wildman–Crippen MR) is 93.3 cm³/mol. The van der Waals surface area contributed by atoms with E-state index in [1.807, 2.05) is 12.1 Å². The maximum atomic E-state index is 12.0. The average molecular weight is 333 g/mol. The molecule has 24 heavy (non-hydrogen) atoms. The number of ether oxygens (including phenoxy) is 2. The maximum Gasteiger partial charge on any atom is 0.250 e. The lowest BCUT2D eigenvalue weighted by Crippen LogP contribution is -2.45. The Hall–Kier alpha value is -1.66. The summed E-state index contributed by atoms with van der Waals surface area (Å²) < 4.78 is 11.4. The number of hydrogen-bond donors (Lipinski definition) is 1. The molecule has 6 nitrogen and oxygen atoms in total. The molecule has 1 aromatic heterocycles. The number of aromatic nitrogens is 1. The largest absolute Gasteiger partial charge is 0.372 e. The van der Waals surface area contributed by atoms with Gasteiger partial charge in [0.25, 0.3) is 0 Å². The van der Waals surface area contributed by atoms with Crippen molar-refractivity contribution < 1.29 is 14.3 Å². The summed E-state index contributed by atoms with van der Waals surface area (Å²) in [6.45, 7) is 5.92. The second-order valence-electron chi connectivity index (χ2n) is 6.83. The summed E-state index contributed by atoms with van der Waals surface area (Å²) in [5.74, 6) is 0.794. The number of morpholine rings is 1. The normalized spacial score (nSPS) is 25.0. The highest BCUT2D eigenvalue weighted by Crippen LogP contribution is 2.21. The van der Waals surface area contributed by atoms with Crippen LogP contribution in [0, 0.1) is 0 Å². The molecule has 6 heteroatoms. The number of carbonyl (C=O) groups is 1. The minimum Gasteiger partial charge on any atom is -0.372 e. The van der Waals surface area contributed by atoms with Crippen LogP contribution in [0.3, 0.4) is 0 Å². The molecule has 0 bridgehead atoms. The molecule has 0 radical (unpaired) electrons. The van der Waals surface area contributed by atoms with E-state index in [-0.39, 0.29) is 30.8 Å². The Morgan fingerprint density at radius 1 is 1.29 bits per heavy atom. The molecule has 1 aliphatic carbocycles. The topological polar surface area (TPSA) is 63.7 Å². The van der Waals surface area contributed by atoms with Gasteiger partial charge in [-0.25, -0.2) is 4.98 Å². The van der Waals surface area contributed by atoms with Gasteiger partial charge in [0.1, 0.15) is 12.4 Å². The fourth-order valence-electron chi connectivity index (χ4n) is 3.46. The van der Waals surface area contributed by atoms with Crippen molar-refractivity contribution in [2.75, 3.05) is 29.9 Å². The summed E-state index contributed by atoms with van der Waals surface area (Å²) in [4.78, 5) is 18.6. The van der Waals surface area contributed by atoms with Crippen molar-refractivity contribution in [3.63, 3.8) is 0 Å². The summed E-state index contributed by atoms with van der Waals surface area (Å²) in [6, 6.07) is 3.83. The van der Waals surface area contributed by atoms with Gasteiger partial charge in [-0.1, -0.05) is 12.8 Å². The van der Waals surface area contributed by atoms with Crippen LogP contribution in [0.4, 0.5) is 11.5 Å². The van der Waals surface area contributed by atoms with Gasteiger partial charge in [-0.3, -0.25) is 4.79 Å².